The highest BCUT2D eigenvalue weighted by Crippen LogP contribution is 2.11. The van der Waals surface area contributed by atoms with E-state index in [0.717, 1.165) is 6.42 Å². The third-order valence-electron chi connectivity index (χ3n) is 1.22. The summed E-state index contributed by atoms with van der Waals surface area (Å²) in [7, 11) is 0. The first-order valence-electron chi connectivity index (χ1n) is 2.74. The molecule has 0 fully saturated rings. The summed E-state index contributed by atoms with van der Waals surface area (Å²) in [5.41, 5.74) is 1.26. The van der Waals surface area contributed by atoms with Crippen LogP contribution in [0.3, 0.4) is 0 Å². The van der Waals surface area contributed by atoms with Crippen LogP contribution in [0.5, 0.6) is 0 Å². The van der Waals surface area contributed by atoms with Crippen molar-refractivity contribution in [2.24, 2.45) is 0 Å². The Hall–Kier alpha value is -0.110. The van der Waals surface area contributed by atoms with Crippen molar-refractivity contribution in [3.63, 3.8) is 0 Å². The van der Waals surface area contributed by atoms with Gasteiger partial charge in [0.2, 0.25) is 0 Å². The van der Waals surface area contributed by atoms with Gasteiger partial charge in [0.05, 0.1) is 0 Å². The van der Waals surface area contributed by atoms with Crippen molar-refractivity contribution >= 4 is 17.8 Å². The Morgan fingerprint density at radius 3 is 2.25 bits per heavy atom. The fourth-order valence-corrected chi connectivity index (χ4v) is 0.474. The van der Waals surface area contributed by atoms with Crippen LogP contribution in [0.4, 0.5) is 0 Å². The lowest BCUT2D eigenvalue weighted by Gasteiger charge is -2.20. The first-order valence-corrected chi connectivity index (χ1v) is 3.21. The largest absolute Gasteiger partial charge is 0.484 e. The molecule has 0 bridgehead atoms. The fraction of sp³-hybridized carbons (Fsp3) is 0.833. The molecule has 0 aromatic rings. The molecule has 0 spiro atoms. The number of hydrogen-bond donors (Lipinski definition) is 0. The van der Waals surface area contributed by atoms with Crippen LogP contribution in [0.15, 0.2) is 0 Å². The summed E-state index contributed by atoms with van der Waals surface area (Å²) in [5, 5.41) is 0. The second-order valence-electron chi connectivity index (χ2n) is 2.33. The van der Waals surface area contributed by atoms with Crippen molar-refractivity contribution in [1.29, 1.82) is 0 Å². The maximum absolute atomic E-state index is 5.07. The van der Waals surface area contributed by atoms with E-state index in [4.69, 9.17) is 4.74 Å². The van der Waals surface area contributed by atoms with Gasteiger partial charge in [0.15, 0.2) is 0 Å². The van der Waals surface area contributed by atoms with Gasteiger partial charge in [0, 0.05) is 0 Å². The predicted octanol–water partition coefficient (Wildman–Crippen LogP) is 2.15. The maximum Gasteiger partial charge on any atom is 0.147 e. The summed E-state index contributed by atoms with van der Waals surface area (Å²) in [6.07, 6.45) is 0.986. The molecule has 0 heterocycles. The standard InChI is InChI=1S/C6H12OS/c1-4-6(2,3)7-5-8/h5H,4H2,1-3H3. The molecule has 0 aromatic carbocycles. The predicted molar refractivity (Wildman–Crippen MR) is 39.1 cm³/mol. The Kier molecular flexibility index (Phi) is 2.98. The second-order valence-corrected chi connectivity index (χ2v) is 2.52. The minimum absolute atomic E-state index is 0.0677. The molecule has 0 saturated heterocycles. The zero-order valence-electron chi connectivity index (χ0n) is 5.60. The number of rotatable bonds is 3. The highest BCUT2D eigenvalue weighted by molar-refractivity contribution is 7.78. The Bertz CT molecular complexity index is 78.6. The molecule has 0 aliphatic heterocycles. The summed E-state index contributed by atoms with van der Waals surface area (Å²) in [6.45, 7) is 6.09. The zero-order valence-corrected chi connectivity index (χ0v) is 6.42. The Morgan fingerprint density at radius 1 is 1.62 bits per heavy atom. The van der Waals surface area contributed by atoms with Gasteiger partial charge < -0.3 is 4.74 Å². The summed E-state index contributed by atoms with van der Waals surface area (Å²) in [4.78, 5) is 0. The van der Waals surface area contributed by atoms with E-state index in [2.05, 4.69) is 19.1 Å². The minimum Gasteiger partial charge on any atom is -0.484 e. The molecule has 0 radical (unpaired) electrons. The van der Waals surface area contributed by atoms with Crippen LogP contribution in [0.25, 0.3) is 0 Å². The molecule has 1 nitrogen and oxygen atoms in total. The molecule has 0 saturated carbocycles. The third kappa shape index (κ3) is 2.97. The lowest BCUT2D eigenvalue weighted by molar-refractivity contribution is 0.104. The van der Waals surface area contributed by atoms with Crippen LogP contribution < -0.4 is 0 Å². The van der Waals surface area contributed by atoms with E-state index in [1.807, 2.05) is 13.8 Å². The van der Waals surface area contributed by atoms with Crippen LogP contribution in [0.2, 0.25) is 0 Å². The average Bonchev–Trinajstić information content (AvgIpc) is 1.67. The summed E-state index contributed by atoms with van der Waals surface area (Å²) in [6, 6.07) is 0. The van der Waals surface area contributed by atoms with Gasteiger partial charge in [-0.15, -0.1) is 0 Å². The number of hydrogen-bond acceptors (Lipinski definition) is 2. The maximum atomic E-state index is 5.07. The molecule has 0 N–H and O–H groups in total. The first kappa shape index (κ1) is 7.89. The van der Waals surface area contributed by atoms with Crippen molar-refractivity contribution in [2.45, 2.75) is 32.8 Å². The molecule has 0 rings (SSSR count). The monoisotopic (exact) mass is 132 g/mol. The van der Waals surface area contributed by atoms with Crippen molar-refractivity contribution in [1.82, 2.24) is 0 Å². The molecule has 0 unspecified atom stereocenters. The van der Waals surface area contributed by atoms with Crippen molar-refractivity contribution in [2.75, 3.05) is 0 Å². The van der Waals surface area contributed by atoms with Gasteiger partial charge in [-0.05, 0) is 32.5 Å². The van der Waals surface area contributed by atoms with Gasteiger partial charge in [-0.25, -0.2) is 0 Å². The smallest absolute Gasteiger partial charge is 0.147 e. The lowest BCUT2D eigenvalue weighted by atomic mass is 10.1. The molecule has 48 valence electrons. The number of thiocarbonyl (C=S) groups is 1. The molecule has 0 amide bonds. The molecule has 8 heavy (non-hydrogen) atoms. The Balaban J connectivity index is 3.53. The van der Waals surface area contributed by atoms with E-state index in [9.17, 15) is 0 Å². The molecule has 0 aliphatic rings. The highest BCUT2D eigenvalue weighted by Gasteiger charge is 2.12. The van der Waals surface area contributed by atoms with Crippen LogP contribution in [0, 0.1) is 0 Å². The summed E-state index contributed by atoms with van der Waals surface area (Å²) >= 11 is 4.52. The minimum atomic E-state index is -0.0677. The Morgan fingerprint density at radius 2 is 2.12 bits per heavy atom. The molecular formula is C6H12OS. The first-order chi connectivity index (χ1) is 3.62. The van der Waals surface area contributed by atoms with E-state index in [-0.39, 0.29) is 5.60 Å². The van der Waals surface area contributed by atoms with Crippen LogP contribution >= 0.6 is 12.2 Å². The average molecular weight is 132 g/mol. The zero-order chi connectivity index (χ0) is 6.62. The molecular weight excluding hydrogens is 120 g/mol. The Labute approximate surface area is 56.0 Å². The SMILES string of the molecule is CCC(C)(C)OC=S. The van der Waals surface area contributed by atoms with E-state index in [0.29, 0.717) is 0 Å². The van der Waals surface area contributed by atoms with Gasteiger partial charge in [-0.3, -0.25) is 0 Å². The summed E-state index contributed by atoms with van der Waals surface area (Å²) < 4.78 is 5.07. The third-order valence-corrected chi connectivity index (χ3v) is 1.31. The van der Waals surface area contributed by atoms with Gasteiger partial charge in [0.25, 0.3) is 0 Å². The topological polar surface area (TPSA) is 9.23 Å². The van der Waals surface area contributed by atoms with Gasteiger partial charge in [-0.2, -0.15) is 0 Å². The van der Waals surface area contributed by atoms with E-state index in [1.54, 1.807) is 0 Å². The lowest BCUT2D eigenvalue weighted by Crippen LogP contribution is -2.21. The van der Waals surface area contributed by atoms with Gasteiger partial charge >= 0.3 is 0 Å². The van der Waals surface area contributed by atoms with E-state index in [1.165, 1.54) is 5.55 Å². The number of ether oxygens (including phenoxy) is 1. The van der Waals surface area contributed by atoms with E-state index < -0.39 is 0 Å². The van der Waals surface area contributed by atoms with Gasteiger partial charge in [-0.1, -0.05) is 6.92 Å². The van der Waals surface area contributed by atoms with Crippen LogP contribution in [-0.4, -0.2) is 11.2 Å². The van der Waals surface area contributed by atoms with Crippen molar-refractivity contribution in [3.05, 3.63) is 0 Å². The normalized spacial score (nSPS) is 10.9. The summed E-state index contributed by atoms with van der Waals surface area (Å²) in [5.74, 6) is 0. The second kappa shape index (κ2) is 3.02. The molecule has 0 aromatic heterocycles. The molecule has 0 aliphatic carbocycles. The van der Waals surface area contributed by atoms with Crippen LogP contribution in [0.1, 0.15) is 27.2 Å². The quantitative estimate of drug-likeness (QED) is 0.544. The van der Waals surface area contributed by atoms with Crippen molar-refractivity contribution in [3.8, 4) is 0 Å². The molecule has 0 atom stereocenters. The van der Waals surface area contributed by atoms with Crippen LogP contribution in [-0.2, 0) is 4.74 Å². The van der Waals surface area contributed by atoms with Gasteiger partial charge in [0.1, 0.15) is 11.2 Å². The van der Waals surface area contributed by atoms with Crippen molar-refractivity contribution < 1.29 is 4.74 Å². The molecule has 2 heteroatoms. The highest BCUT2D eigenvalue weighted by atomic mass is 32.1. The fourth-order valence-electron chi connectivity index (χ4n) is 0.214. The van der Waals surface area contributed by atoms with E-state index >= 15 is 0 Å².